The summed E-state index contributed by atoms with van der Waals surface area (Å²) >= 11 is 3.25. The third-order valence-electron chi connectivity index (χ3n) is 1.82. The van der Waals surface area contributed by atoms with E-state index in [0.717, 1.165) is 0 Å². The Morgan fingerprint density at radius 2 is 2.17 bits per heavy atom. The second kappa shape index (κ2) is 2.90. The Bertz CT molecular complexity index is 322. The molecular weight excluding hydrogens is 220 g/mol. The maximum absolute atomic E-state index is 11.5. The van der Waals surface area contributed by atoms with Gasteiger partial charge in [-0.2, -0.15) is 0 Å². The zero-order chi connectivity index (χ0) is 8.55. The second-order valence-corrected chi connectivity index (χ2v) is 3.74. The molecule has 2 rings (SSSR count). The third kappa shape index (κ3) is 1.14. The summed E-state index contributed by atoms with van der Waals surface area (Å²) in [6.45, 7) is 0.426. The number of halogens is 1. The molecule has 1 aromatic carbocycles. The predicted octanol–water partition coefficient (Wildman–Crippen LogP) is 2.03. The van der Waals surface area contributed by atoms with Crippen molar-refractivity contribution in [2.24, 2.45) is 0 Å². The Balaban J connectivity index is 2.49. The maximum Gasteiger partial charge on any atom is 0.183 e. The van der Waals surface area contributed by atoms with Gasteiger partial charge in [0.1, 0.15) is 17.2 Å². The van der Waals surface area contributed by atoms with Crippen LogP contribution in [-0.2, 0) is 0 Å². The predicted molar refractivity (Wildman–Crippen MR) is 49.0 cm³/mol. The van der Waals surface area contributed by atoms with E-state index < -0.39 is 0 Å². The minimum absolute atomic E-state index is 0.108. The molecule has 0 saturated carbocycles. The van der Waals surface area contributed by atoms with Gasteiger partial charge in [-0.05, 0) is 12.1 Å². The summed E-state index contributed by atoms with van der Waals surface area (Å²) in [4.78, 5) is 11.3. The molecule has 0 unspecified atom stereocenters. The van der Waals surface area contributed by atoms with E-state index in [-0.39, 0.29) is 10.6 Å². The van der Waals surface area contributed by atoms with E-state index in [1.807, 2.05) is 18.2 Å². The van der Waals surface area contributed by atoms with Crippen molar-refractivity contribution in [2.45, 2.75) is 4.83 Å². The highest BCUT2D eigenvalue weighted by molar-refractivity contribution is 9.10. The standard InChI is InChI=1S/C9H7BrO2/c10-7-5-12-8-4-2-1-3-6(8)9(7)11/h1-4,7H,5H2/t7-/m1/s1. The molecule has 1 aliphatic heterocycles. The molecule has 0 fully saturated rings. The molecule has 1 atom stereocenters. The van der Waals surface area contributed by atoms with Crippen molar-refractivity contribution in [3.05, 3.63) is 29.8 Å². The molecule has 1 aliphatic rings. The minimum Gasteiger partial charge on any atom is -0.491 e. The number of hydrogen-bond acceptors (Lipinski definition) is 2. The van der Waals surface area contributed by atoms with Crippen LogP contribution in [-0.4, -0.2) is 17.2 Å². The first-order chi connectivity index (χ1) is 5.79. The molecule has 0 bridgehead atoms. The average molecular weight is 227 g/mol. The molecule has 0 amide bonds. The summed E-state index contributed by atoms with van der Waals surface area (Å²) in [6, 6.07) is 7.29. The monoisotopic (exact) mass is 226 g/mol. The number of hydrogen-bond donors (Lipinski definition) is 0. The largest absolute Gasteiger partial charge is 0.491 e. The molecule has 12 heavy (non-hydrogen) atoms. The zero-order valence-electron chi connectivity index (χ0n) is 6.29. The number of fused-ring (bicyclic) bond motifs is 1. The number of rotatable bonds is 0. The molecule has 0 aliphatic carbocycles. The van der Waals surface area contributed by atoms with Gasteiger partial charge >= 0.3 is 0 Å². The molecule has 0 N–H and O–H groups in total. The van der Waals surface area contributed by atoms with E-state index in [1.54, 1.807) is 6.07 Å². The van der Waals surface area contributed by atoms with E-state index in [2.05, 4.69) is 15.9 Å². The summed E-state index contributed by atoms with van der Waals surface area (Å²) in [6.07, 6.45) is 0. The fourth-order valence-corrected chi connectivity index (χ4v) is 1.58. The summed E-state index contributed by atoms with van der Waals surface area (Å²) in [7, 11) is 0. The second-order valence-electron chi connectivity index (χ2n) is 2.64. The van der Waals surface area contributed by atoms with Crippen molar-refractivity contribution < 1.29 is 9.53 Å². The van der Waals surface area contributed by atoms with Crippen LogP contribution in [0.2, 0.25) is 0 Å². The highest BCUT2D eigenvalue weighted by atomic mass is 79.9. The maximum atomic E-state index is 11.5. The number of Topliss-reactive ketones (excluding diaryl/α,β-unsaturated/α-hetero) is 1. The fourth-order valence-electron chi connectivity index (χ4n) is 1.20. The number of carbonyl (C=O) groups excluding carboxylic acids is 1. The van der Waals surface area contributed by atoms with Crippen LogP contribution < -0.4 is 4.74 Å². The number of ether oxygens (including phenoxy) is 1. The van der Waals surface area contributed by atoms with Gasteiger partial charge in [-0.15, -0.1) is 0 Å². The van der Waals surface area contributed by atoms with Gasteiger partial charge in [-0.25, -0.2) is 0 Å². The smallest absolute Gasteiger partial charge is 0.183 e. The van der Waals surface area contributed by atoms with Crippen LogP contribution in [0, 0.1) is 0 Å². The summed E-state index contributed by atoms with van der Waals surface area (Å²) < 4.78 is 5.34. The van der Waals surface area contributed by atoms with Crippen molar-refractivity contribution in [1.29, 1.82) is 0 Å². The van der Waals surface area contributed by atoms with Crippen molar-refractivity contribution in [3.63, 3.8) is 0 Å². The first-order valence-corrected chi connectivity index (χ1v) is 4.61. The van der Waals surface area contributed by atoms with Crippen LogP contribution in [0.1, 0.15) is 10.4 Å². The highest BCUT2D eigenvalue weighted by Crippen LogP contribution is 2.26. The van der Waals surface area contributed by atoms with Gasteiger partial charge in [0.15, 0.2) is 5.78 Å². The first kappa shape index (κ1) is 7.80. The SMILES string of the molecule is O=C1c2ccccc2OC[C@H]1Br. The Morgan fingerprint density at radius 3 is 3.00 bits per heavy atom. The van der Waals surface area contributed by atoms with Crippen molar-refractivity contribution in [2.75, 3.05) is 6.61 Å². The Labute approximate surface area is 78.7 Å². The van der Waals surface area contributed by atoms with Crippen LogP contribution in [0.3, 0.4) is 0 Å². The molecule has 1 heterocycles. The van der Waals surface area contributed by atoms with E-state index in [4.69, 9.17) is 4.74 Å². The molecule has 1 aromatic rings. The van der Waals surface area contributed by atoms with E-state index in [9.17, 15) is 4.79 Å². The molecule has 3 heteroatoms. The zero-order valence-corrected chi connectivity index (χ0v) is 7.87. The van der Waals surface area contributed by atoms with Gasteiger partial charge in [-0.1, -0.05) is 28.1 Å². The van der Waals surface area contributed by atoms with E-state index in [0.29, 0.717) is 17.9 Å². The lowest BCUT2D eigenvalue weighted by molar-refractivity contribution is 0.0946. The number of ketones is 1. The van der Waals surface area contributed by atoms with Crippen LogP contribution >= 0.6 is 15.9 Å². The van der Waals surface area contributed by atoms with Gasteiger partial charge in [0, 0.05) is 0 Å². The number of alkyl halides is 1. The molecule has 0 aromatic heterocycles. The van der Waals surface area contributed by atoms with E-state index >= 15 is 0 Å². The van der Waals surface area contributed by atoms with Gasteiger partial charge in [0.25, 0.3) is 0 Å². The minimum atomic E-state index is -0.188. The molecule has 0 radical (unpaired) electrons. The summed E-state index contributed by atoms with van der Waals surface area (Å²) in [5, 5.41) is 0. The summed E-state index contributed by atoms with van der Waals surface area (Å²) in [5.74, 6) is 0.801. The van der Waals surface area contributed by atoms with Gasteiger partial charge in [-0.3, -0.25) is 4.79 Å². The number of benzene rings is 1. The Kier molecular flexibility index (Phi) is 1.89. The van der Waals surface area contributed by atoms with Gasteiger partial charge in [0.05, 0.1) is 5.56 Å². The van der Waals surface area contributed by atoms with Crippen molar-refractivity contribution >= 4 is 21.7 Å². The van der Waals surface area contributed by atoms with Crippen LogP contribution in [0.15, 0.2) is 24.3 Å². The molecule has 0 spiro atoms. The lowest BCUT2D eigenvalue weighted by atomic mass is 10.1. The fraction of sp³-hybridized carbons (Fsp3) is 0.222. The van der Waals surface area contributed by atoms with Crippen LogP contribution in [0.4, 0.5) is 0 Å². The topological polar surface area (TPSA) is 26.3 Å². The normalized spacial score (nSPS) is 21.4. The highest BCUT2D eigenvalue weighted by Gasteiger charge is 2.25. The van der Waals surface area contributed by atoms with E-state index in [1.165, 1.54) is 0 Å². The third-order valence-corrected chi connectivity index (χ3v) is 2.50. The molecule has 62 valence electrons. The number of para-hydroxylation sites is 1. The first-order valence-electron chi connectivity index (χ1n) is 3.69. The van der Waals surface area contributed by atoms with Gasteiger partial charge < -0.3 is 4.74 Å². The lowest BCUT2D eigenvalue weighted by Crippen LogP contribution is -2.27. The van der Waals surface area contributed by atoms with Crippen molar-refractivity contribution in [1.82, 2.24) is 0 Å². The van der Waals surface area contributed by atoms with Crippen LogP contribution in [0.25, 0.3) is 0 Å². The summed E-state index contributed by atoms with van der Waals surface area (Å²) in [5.41, 5.74) is 0.672. The molecular formula is C9H7BrO2. The lowest BCUT2D eigenvalue weighted by Gasteiger charge is -2.19. The van der Waals surface area contributed by atoms with Gasteiger partial charge in [0.2, 0.25) is 0 Å². The quantitative estimate of drug-likeness (QED) is 0.634. The van der Waals surface area contributed by atoms with Crippen molar-refractivity contribution in [3.8, 4) is 5.75 Å². The number of carbonyl (C=O) groups is 1. The Morgan fingerprint density at radius 1 is 1.42 bits per heavy atom. The Hall–Kier alpha value is -0.830. The average Bonchev–Trinajstić information content (AvgIpc) is 2.12. The molecule has 0 saturated heterocycles. The molecule has 2 nitrogen and oxygen atoms in total. The van der Waals surface area contributed by atoms with Crippen LogP contribution in [0.5, 0.6) is 5.75 Å².